The summed E-state index contributed by atoms with van der Waals surface area (Å²) in [5, 5.41) is 3.23. The van der Waals surface area contributed by atoms with Crippen molar-refractivity contribution in [2.75, 3.05) is 16.8 Å². The van der Waals surface area contributed by atoms with E-state index >= 15 is 0 Å². The Hall–Kier alpha value is -3.86. The number of hydrogen-bond acceptors (Lipinski definition) is 4. The standard InChI is InChI=1S/C28H28N2O3/c1-5-33-23-14-10-9-13-22(23)30-26(31)24(19-11-7-6-8-12-19)25(27(30)32)29-21-17-15-20(16-18-21)28(2,3)4/h6-18,29H,5H2,1-4H3. The third-order valence-electron chi connectivity index (χ3n) is 5.57. The van der Waals surface area contributed by atoms with Gasteiger partial charge >= 0.3 is 0 Å². The Kier molecular flexibility index (Phi) is 6.05. The van der Waals surface area contributed by atoms with E-state index in [0.717, 1.165) is 5.69 Å². The molecule has 2 amide bonds. The summed E-state index contributed by atoms with van der Waals surface area (Å²) < 4.78 is 5.70. The van der Waals surface area contributed by atoms with E-state index in [2.05, 4.69) is 26.1 Å². The van der Waals surface area contributed by atoms with Crippen LogP contribution in [0.15, 0.2) is 84.6 Å². The predicted molar refractivity (Wildman–Crippen MR) is 132 cm³/mol. The lowest BCUT2D eigenvalue weighted by atomic mass is 9.87. The second kappa shape index (κ2) is 8.94. The number of benzene rings is 3. The lowest BCUT2D eigenvalue weighted by Crippen LogP contribution is -2.32. The molecule has 33 heavy (non-hydrogen) atoms. The number of hydrogen-bond donors (Lipinski definition) is 1. The van der Waals surface area contributed by atoms with Crippen molar-refractivity contribution in [1.82, 2.24) is 0 Å². The lowest BCUT2D eigenvalue weighted by molar-refractivity contribution is -0.120. The minimum Gasteiger partial charge on any atom is -0.492 e. The molecular formula is C28H28N2O3. The number of imide groups is 1. The number of anilines is 2. The molecule has 1 aliphatic rings. The van der Waals surface area contributed by atoms with Gasteiger partial charge in [-0.3, -0.25) is 9.59 Å². The number of carbonyl (C=O) groups is 2. The van der Waals surface area contributed by atoms with Crippen molar-refractivity contribution >= 4 is 28.8 Å². The van der Waals surface area contributed by atoms with Crippen molar-refractivity contribution in [2.45, 2.75) is 33.1 Å². The van der Waals surface area contributed by atoms with Crippen LogP contribution in [0.5, 0.6) is 5.75 Å². The molecule has 3 aromatic carbocycles. The summed E-state index contributed by atoms with van der Waals surface area (Å²) in [7, 11) is 0. The van der Waals surface area contributed by atoms with Gasteiger partial charge in [0.1, 0.15) is 11.4 Å². The topological polar surface area (TPSA) is 58.6 Å². The molecule has 4 rings (SSSR count). The minimum absolute atomic E-state index is 0.0198. The molecule has 0 radical (unpaired) electrons. The van der Waals surface area contributed by atoms with Gasteiger partial charge in [-0.2, -0.15) is 0 Å². The number of nitrogens with zero attached hydrogens (tertiary/aromatic N) is 1. The molecule has 0 aliphatic carbocycles. The molecule has 5 nitrogen and oxygen atoms in total. The Labute approximate surface area is 194 Å². The molecule has 5 heteroatoms. The molecule has 0 aromatic heterocycles. The summed E-state index contributed by atoms with van der Waals surface area (Å²) in [6, 6.07) is 24.3. The Morgan fingerprint density at radius 2 is 1.45 bits per heavy atom. The van der Waals surface area contributed by atoms with E-state index in [4.69, 9.17) is 4.74 Å². The average molecular weight is 441 g/mol. The van der Waals surface area contributed by atoms with Crippen molar-refractivity contribution in [2.24, 2.45) is 0 Å². The number of para-hydroxylation sites is 2. The molecule has 0 saturated carbocycles. The van der Waals surface area contributed by atoms with Crippen LogP contribution >= 0.6 is 0 Å². The first-order valence-corrected chi connectivity index (χ1v) is 11.1. The van der Waals surface area contributed by atoms with Crippen LogP contribution in [0, 0.1) is 0 Å². The van der Waals surface area contributed by atoms with Crippen molar-refractivity contribution in [1.29, 1.82) is 0 Å². The fourth-order valence-corrected chi connectivity index (χ4v) is 3.85. The maximum absolute atomic E-state index is 13.6. The first-order chi connectivity index (χ1) is 15.8. The Balaban J connectivity index is 1.77. The highest BCUT2D eigenvalue weighted by Crippen LogP contribution is 2.38. The van der Waals surface area contributed by atoms with E-state index in [0.29, 0.717) is 29.2 Å². The van der Waals surface area contributed by atoms with Gasteiger partial charge in [-0.15, -0.1) is 0 Å². The number of carbonyl (C=O) groups excluding carboxylic acids is 2. The molecule has 0 bridgehead atoms. The zero-order chi connectivity index (χ0) is 23.6. The Bertz CT molecular complexity index is 1210. The second-order valence-corrected chi connectivity index (χ2v) is 8.91. The van der Waals surface area contributed by atoms with Gasteiger partial charge in [-0.1, -0.05) is 75.4 Å². The van der Waals surface area contributed by atoms with Crippen LogP contribution < -0.4 is 15.0 Å². The van der Waals surface area contributed by atoms with E-state index in [-0.39, 0.29) is 17.0 Å². The van der Waals surface area contributed by atoms with Crippen LogP contribution in [0.3, 0.4) is 0 Å². The van der Waals surface area contributed by atoms with Gasteiger partial charge in [-0.25, -0.2) is 4.90 Å². The van der Waals surface area contributed by atoms with E-state index in [1.165, 1.54) is 10.5 Å². The van der Waals surface area contributed by atoms with Crippen LogP contribution in [-0.4, -0.2) is 18.4 Å². The Morgan fingerprint density at radius 3 is 2.09 bits per heavy atom. The van der Waals surface area contributed by atoms with E-state index in [9.17, 15) is 9.59 Å². The van der Waals surface area contributed by atoms with Gasteiger partial charge in [0.2, 0.25) is 0 Å². The SMILES string of the molecule is CCOc1ccccc1N1C(=O)C(Nc2ccc(C(C)(C)C)cc2)=C(c2ccccc2)C1=O. The smallest absolute Gasteiger partial charge is 0.282 e. The fraction of sp³-hybridized carbons (Fsp3) is 0.214. The Morgan fingerprint density at radius 1 is 0.818 bits per heavy atom. The van der Waals surface area contributed by atoms with Gasteiger partial charge in [0, 0.05) is 5.69 Å². The molecule has 1 heterocycles. The van der Waals surface area contributed by atoms with Crippen LogP contribution in [0.25, 0.3) is 5.57 Å². The molecule has 0 fully saturated rings. The summed E-state index contributed by atoms with van der Waals surface area (Å²) in [6.07, 6.45) is 0. The van der Waals surface area contributed by atoms with Crippen LogP contribution in [0.4, 0.5) is 11.4 Å². The van der Waals surface area contributed by atoms with Crippen LogP contribution in [-0.2, 0) is 15.0 Å². The van der Waals surface area contributed by atoms with Crippen molar-refractivity contribution < 1.29 is 14.3 Å². The minimum atomic E-state index is -0.411. The highest BCUT2D eigenvalue weighted by molar-refractivity contribution is 6.46. The highest BCUT2D eigenvalue weighted by atomic mass is 16.5. The highest BCUT2D eigenvalue weighted by Gasteiger charge is 2.41. The molecule has 168 valence electrons. The monoisotopic (exact) mass is 440 g/mol. The summed E-state index contributed by atoms with van der Waals surface area (Å²) >= 11 is 0. The maximum atomic E-state index is 13.6. The van der Waals surface area contributed by atoms with Gasteiger partial charge in [0.25, 0.3) is 11.8 Å². The quantitative estimate of drug-likeness (QED) is 0.494. The van der Waals surface area contributed by atoms with E-state index < -0.39 is 5.91 Å². The summed E-state index contributed by atoms with van der Waals surface area (Å²) in [5.74, 6) is -0.303. The number of amides is 2. The zero-order valence-corrected chi connectivity index (χ0v) is 19.4. The van der Waals surface area contributed by atoms with Gasteiger partial charge in [0.05, 0.1) is 17.9 Å². The largest absolute Gasteiger partial charge is 0.492 e. The third-order valence-corrected chi connectivity index (χ3v) is 5.57. The molecule has 0 unspecified atom stereocenters. The number of nitrogens with one attached hydrogen (secondary N) is 1. The molecule has 3 aromatic rings. The molecule has 0 saturated heterocycles. The van der Waals surface area contributed by atoms with Gasteiger partial charge in [-0.05, 0) is 47.7 Å². The van der Waals surface area contributed by atoms with Crippen molar-refractivity contribution in [3.05, 3.63) is 95.7 Å². The third kappa shape index (κ3) is 4.40. The summed E-state index contributed by atoms with van der Waals surface area (Å²) in [4.78, 5) is 28.4. The van der Waals surface area contributed by atoms with E-state index in [1.807, 2.05) is 67.6 Å². The lowest BCUT2D eigenvalue weighted by Gasteiger charge is -2.20. The predicted octanol–water partition coefficient (Wildman–Crippen LogP) is 5.78. The first-order valence-electron chi connectivity index (χ1n) is 11.1. The normalized spacial score (nSPS) is 14.1. The molecule has 1 aliphatic heterocycles. The molecular weight excluding hydrogens is 412 g/mol. The van der Waals surface area contributed by atoms with Crippen molar-refractivity contribution in [3.63, 3.8) is 0 Å². The number of ether oxygens (including phenoxy) is 1. The van der Waals surface area contributed by atoms with E-state index in [1.54, 1.807) is 18.2 Å². The molecule has 0 spiro atoms. The van der Waals surface area contributed by atoms with Crippen LogP contribution in [0.1, 0.15) is 38.8 Å². The second-order valence-electron chi connectivity index (χ2n) is 8.91. The van der Waals surface area contributed by atoms with Crippen molar-refractivity contribution in [3.8, 4) is 5.75 Å². The fourth-order valence-electron chi connectivity index (χ4n) is 3.85. The zero-order valence-electron chi connectivity index (χ0n) is 19.4. The molecule has 1 N–H and O–H groups in total. The first kappa shape index (κ1) is 22.3. The maximum Gasteiger partial charge on any atom is 0.282 e. The summed E-state index contributed by atoms with van der Waals surface area (Å²) in [6.45, 7) is 8.75. The number of rotatable bonds is 6. The van der Waals surface area contributed by atoms with Gasteiger partial charge < -0.3 is 10.1 Å². The summed E-state index contributed by atoms with van der Waals surface area (Å²) in [5.41, 5.74) is 3.65. The van der Waals surface area contributed by atoms with Crippen LogP contribution in [0.2, 0.25) is 0 Å². The van der Waals surface area contributed by atoms with Gasteiger partial charge in [0.15, 0.2) is 0 Å². The average Bonchev–Trinajstić information content (AvgIpc) is 3.04. The molecule has 0 atom stereocenters.